The van der Waals surface area contributed by atoms with Crippen LogP contribution < -0.4 is 0 Å². The molecular formula is C13H14ClNO3. The normalized spacial score (nSPS) is 21.6. The van der Waals surface area contributed by atoms with E-state index in [9.17, 15) is 15.0 Å². The summed E-state index contributed by atoms with van der Waals surface area (Å²) in [4.78, 5) is 13.7. The first kappa shape index (κ1) is 11.8. The highest BCUT2D eigenvalue weighted by molar-refractivity contribution is 6.30. The second kappa shape index (κ2) is 3.87. The van der Waals surface area contributed by atoms with Crippen LogP contribution in [0.5, 0.6) is 5.75 Å². The molecule has 1 amide bonds. The summed E-state index contributed by atoms with van der Waals surface area (Å²) in [7, 11) is 0. The molecule has 96 valence electrons. The minimum Gasteiger partial charge on any atom is -0.507 e. The average molecular weight is 268 g/mol. The van der Waals surface area contributed by atoms with Gasteiger partial charge in [0.1, 0.15) is 11.4 Å². The van der Waals surface area contributed by atoms with Gasteiger partial charge >= 0.3 is 0 Å². The van der Waals surface area contributed by atoms with Crippen molar-refractivity contribution in [3.63, 3.8) is 0 Å². The fourth-order valence-electron chi connectivity index (χ4n) is 2.49. The Bertz CT molecular complexity index is 507. The molecule has 5 heteroatoms. The average Bonchev–Trinajstić information content (AvgIpc) is 3.08. The number of benzene rings is 1. The summed E-state index contributed by atoms with van der Waals surface area (Å²) in [6, 6.07) is 4.43. The van der Waals surface area contributed by atoms with Crippen molar-refractivity contribution in [1.82, 2.24) is 4.90 Å². The van der Waals surface area contributed by atoms with Crippen molar-refractivity contribution in [2.75, 3.05) is 13.1 Å². The highest BCUT2D eigenvalue weighted by Crippen LogP contribution is 2.45. The van der Waals surface area contributed by atoms with Gasteiger partial charge in [-0.15, -0.1) is 0 Å². The van der Waals surface area contributed by atoms with Gasteiger partial charge < -0.3 is 15.1 Å². The van der Waals surface area contributed by atoms with E-state index in [1.807, 2.05) is 0 Å². The van der Waals surface area contributed by atoms with Crippen LogP contribution in [0.15, 0.2) is 18.2 Å². The van der Waals surface area contributed by atoms with Crippen LogP contribution in [0.3, 0.4) is 0 Å². The lowest BCUT2D eigenvalue weighted by Gasteiger charge is -2.47. The molecule has 1 aliphatic carbocycles. The van der Waals surface area contributed by atoms with E-state index in [0.29, 0.717) is 24.0 Å². The van der Waals surface area contributed by atoms with E-state index in [1.54, 1.807) is 11.0 Å². The SMILES string of the molecule is O=C(c1ccc(Cl)cc1O)N1CC(O)(C2CC2)C1. The number of carbonyl (C=O) groups excluding carboxylic acids is 1. The third-order valence-corrected chi connectivity index (χ3v) is 3.98. The molecule has 1 aromatic carbocycles. The summed E-state index contributed by atoms with van der Waals surface area (Å²) in [6.45, 7) is 0.719. The number of amides is 1. The number of hydrogen-bond acceptors (Lipinski definition) is 3. The Labute approximate surface area is 110 Å². The fraction of sp³-hybridized carbons (Fsp3) is 0.462. The molecule has 1 aromatic rings. The van der Waals surface area contributed by atoms with Crippen molar-refractivity contribution in [3.05, 3.63) is 28.8 Å². The van der Waals surface area contributed by atoms with Gasteiger partial charge in [-0.25, -0.2) is 0 Å². The summed E-state index contributed by atoms with van der Waals surface area (Å²) >= 11 is 5.72. The van der Waals surface area contributed by atoms with Gasteiger partial charge in [0.25, 0.3) is 5.91 Å². The van der Waals surface area contributed by atoms with Crippen molar-refractivity contribution < 1.29 is 15.0 Å². The van der Waals surface area contributed by atoms with Crippen molar-refractivity contribution >= 4 is 17.5 Å². The number of phenols is 1. The van der Waals surface area contributed by atoms with Gasteiger partial charge in [-0.05, 0) is 37.0 Å². The standard InChI is InChI=1S/C13H14ClNO3/c14-9-3-4-10(11(16)5-9)12(17)15-6-13(18,7-15)8-1-2-8/h3-5,8,16,18H,1-2,6-7H2. The molecule has 0 atom stereocenters. The first-order chi connectivity index (χ1) is 8.49. The predicted octanol–water partition coefficient (Wildman–Crippen LogP) is 1.64. The molecule has 18 heavy (non-hydrogen) atoms. The quantitative estimate of drug-likeness (QED) is 0.856. The number of halogens is 1. The molecule has 1 aliphatic heterocycles. The third-order valence-electron chi connectivity index (χ3n) is 3.74. The molecule has 2 aliphatic rings. The van der Waals surface area contributed by atoms with Crippen LogP contribution in [0.25, 0.3) is 0 Å². The molecule has 0 unspecified atom stereocenters. The Morgan fingerprint density at radius 3 is 2.61 bits per heavy atom. The Morgan fingerprint density at radius 1 is 1.39 bits per heavy atom. The van der Waals surface area contributed by atoms with Crippen LogP contribution in [0.4, 0.5) is 0 Å². The van der Waals surface area contributed by atoms with Crippen molar-refractivity contribution in [1.29, 1.82) is 0 Å². The summed E-state index contributed by atoms with van der Waals surface area (Å²) in [5.74, 6) is -0.0239. The van der Waals surface area contributed by atoms with Crippen molar-refractivity contribution in [2.45, 2.75) is 18.4 Å². The van der Waals surface area contributed by atoms with Crippen LogP contribution in [0, 0.1) is 5.92 Å². The maximum Gasteiger partial charge on any atom is 0.257 e. The van der Waals surface area contributed by atoms with E-state index >= 15 is 0 Å². The van der Waals surface area contributed by atoms with E-state index in [0.717, 1.165) is 12.8 Å². The lowest BCUT2D eigenvalue weighted by molar-refractivity contribution is -0.0958. The summed E-state index contributed by atoms with van der Waals surface area (Å²) < 4.78 is 0. The monoisotopic (exact) mass is 267 g/mol. The van der Waals surface area contributed by atoms with Gasteiger partial charge in [-0.2, -0.15) is 0 Å². The number of phenolic OH excluding ortho intramolecular Hbond substituents is 1. The molecule has 0 aromatic heterocycles. The van der Waals surface area contributed by atoms with E-state index in [2.05, 4.69) is 0 Å². The number of aliphatic hydroxyl groups is 1. The molecule has 1 saturated heterocycles. The molecule has 0 bridgehead atoms. The van der Waals surface area contributed by atoms with Crippen LogP contribution in [-0.4, -0.2) is 39.7 Å². The van der Waals surface area contributed by atoms with E-state index in [4.69, 9.17) is 11.6 Å². The first-order valence-corrected chi connectivity index (χ1v) is 6.37. The van der Waals surface area contributed by atoms with Gasteiger partial charge in [0, 0.05) is 5.02 Å². The van der Waals surface area contributed by atoms with Crippen LogP contribution in [-0.2, 0) is 0 Å². The number of carbonyl (C=O) groups is 1. The topological polar surface area (TPSA) is 60.8 Å². The zero-order valence-corrected chi connectivity index (χ0v) is 10.5. The molecule has 4 nitrogen and oxygen atoms in total. The Kier molecular flexibility index (Phi) is 2.54. The predicted molar refractivity (Wildman–Crippen MR) is 66.7 cm³/mol. The van der Waals surface area contributed by atoms with Gasteiger partial charge in [0.2, 0.25) is 0 Å². The molecular weight excluding hydrogens is 254 g/mol. The number of β-amino-alcohol motifs (C(OH)–C–C–N with tert-alkyl or cyclic N) is 1. The third kappa shape index (κ3) is 1.85. The van der Waals surface area contributed by atoms with Gasteiger partial charge in [-0.3, -0.25) is 4.79 Å². The highest BCUT2D eigenvalue weighted by Gasteiger charge is 2.53. The molecule has 2 fully saturated rings. The number of likely N-dealkylation sites (tertiary alicyclic amines) is 1. The van der Waals surface area contributed by atoms with Crippen LogP contribution >= 0.6 is 11.6 Å². The zero-order chi connectivity index (χ0) is 12.9. The second-order valence-electron chi connectivity index (χ2n) is 5.20. The number of aromatic hydroxyl groups is 1. The van der Waals surface area contributed by atoms with Gasteiger partial charge in [0.15, 0.2) is 0 Å². The minimum atomic E-state index is -0.697. The zero-order valence-electron chi connectivity index (χ0n) is 9.77. The first-order valence-electron chi connectivity index (χ1n) is 6.00. The molecule has 0 spiro atoms. The highest BCUT2D eigenvalue weighted by atomic mass is 35.5. The number of nitrogens with zero attached hydrogens (tertiary/aromatic N) is 1. The minimum absolute atomic E-state index is 0.116. The van der Waals surface area contributed by atoms with Crippen LogP contribution in [0.2, 0.25) is 5.02 Å². The second-order valence-corrected chi connectivity index (χ2v) is 5.64. The Morgan fingerprint density at radius 2 is 2.06 bits per heavy atom. The van der Waals surface area contributed by atoms with E-state index in [1.165, 1.54) is 12.1 Å². The smallest absolute Gasteiger partial charge is 0.257 e. The largest absolute Gasteiger partial charge is 0.507 e. The number of rotatable bonds is 2. The van der Waals surface area contributed by atoms with Gasteiger partial charge in [-0.1, -0.05) is 11.6 Å². The Balaban J connectivity index is 1.72. The maximum absolute atomic E-state index is 12.1. The van der Waals surface area contributed by atoms with Crippen molar-refractivity contribution in [2.24, 2.45) is 5.92 Å². The molecule has 3 rings (SSSR count). The molecule has 2 N–H and O–H groups in total. The van der Waals surface area contributed by atoms with Crippen molar-refractivity contribution in [3.8, 4) is 5.75 Å². The summed E-state index contributed by atoms with van der Waals surface area (Å²) in [6.07, 6.45) is 2.09. The van der Waals surface area contributed by atoms with Gasteiger partial charge in [0.05, 0.1) is 18.7 Å². The fourth-order valence-corrected chi connectivity index (χ4v) is 2.66. The molecule has 0 radical (unpaired) electrons. The van der Waals surface area contributed by atoms with E-state index in [-0.39, 0.29) is 17.2 Å². The van der Waals surface area contributed by atoms with Crippen LogP contribution in [0.1, 0.15) is 23.2 Å². The lowest BCUT2D eigenvalue weighted by Crippen LogP contribution is -2.64. The lowest BCUT2D eigenvalue weighted by atomic mass is 9.88. The summed E-state index contributed by atoms with van der Waals surface area (Å²) in [5.41, 5.74) is -0.463. The summed E-state index contributed by atoms with van der Waals surface area (Å²) in [5, 5.41) is 20.2. The number of hydrogen-bond donors (Lipinski definition) is 2. The van der Waals surface area contributed by atoms with E-state index < -0.39 is 5.60 Å². The molecule has 1 heterocycles. The Hall–Kier alpha value is -1.26. The molecule has 1 saturated carbocycles. The maximum atomic E-state index is 12.1.